The molecule has 0 spiro atoms. The van der Waals surface area contributed by atoms with Crippen molar-refractivity contribution >= 4 is 0 Å². The van der Waals surface area contributed by atoms with E-state index in [-0.39, 0.29) is 0 Å². The smallest absolute Gasteiger partial charge is 0.116 e. The molecule has 0 saturated carbocycles. The van der Waals surface area contributed by atoms with Crippen molar-refractivity contribution in [3.8, 4) is 0 Å². The zero-order valence-electron chi connectivity index (χ0n) is 5.06. The Kier molecular flexibility index (Phi) is 1.24. The molecule has 0 atom stereocenters. The van der Waals surface area contributed by atoms with E-state index in [0.717, 1.165) is 11.5 Å². The van der Waals surface area contributed by atoms with Crippen LogP contribution in [-0.4, -0.2) is 0 Å². The van der Waals surface area contributed by atoms with Gasteiger partial charge in [-0.1, -0.05) is 0 Å². The summed E-state index contributed by atoms with van der Waals surface area (Å²) in [5, 5.41) is 3.01. The molecule has 2 nitrogen and oxygen atoms in total. The first kappa shape index (κ1) is 5.22. The van der Waals surface area contributed by atoms with Gasteiger partial charge < -0.3 is 10.1 Å². The van der Waals surface area contributed by atoms with E-state index in [1.165, 1.54) is 0 Å². The quantitative estimate of drug-likeness (QED) is 0.509. The van der Waals surface area contributed by atoms with Crippen LogP contribution in [0.5, 0.6) is 0 Å². The summed E-state index contributed by atoms with van der Waals surface area (Å²) < 4.78 is 5.03. The highest BCUT2D eigenvalue weighted by Gasteiger charge is 1.93. The van der Waals surface area contributed by atoms with Crippen LogP contribution in [0.3, 0.4) is 0 Å². The molecule has 1 aliphatic rings. The Morgan fingerprint density at radius 2 is 2.25 bits per heavy atom. The lowest BCUT2D eigenvalue weighted by atomic mass is 10.5. The fourth-order valence-corrected chi connectivity index (χ4v) is 0.465. The Bertz CT molecular complexity index is 129. The van der Waals surface area contributed by atoms with Gasteiger partial charge in [0, 0.05) is 11.9 Å². The van der Waals surface area contributed by atoms with Crippen LogP contribution in [0.25, 0.3) is 0 Å². The molecule has 0 saturated heterocycles. The summed E-state index contributed by atoms with van der Waals surface area (Å²) in [7, 11) is 0. The molecule has 0 aromatic carbocycles. The van der Waals surface area contributed by atoms with Gasteiger partial charge in [0.2, 0.25) is 0 Å². The van der Waals surface area contributed by atoms with E-state index in [2.05, 4.69) is 5.32 Å². The summed E-state index contributed by atoms with van der Waals surface area (Å²) >= 11 is 0. The maximum absolute atomic E-state index is 5.03. The van der Waals surface area contributed by atoms with Crippen LogP contribution in [0.2, 0.25) is 0 Å². The molecule has 1 rings (SSSR count). The van der Waals surface area contributed by atoms with E-state index in [4.69, 9.17) is 4.74 Å². The summed E-state index contributed by atoms with van der Waals surface area (Å²) in [6.45, 7) is 3.85. The highest BCUT2D eigenvalue weighted by atomic mass is 16.5. The van der Waals surface area contributed by atoms with Crippen molar-refractivity contribution in [1.29, 1.82) is 0 Å². The molecule has 0 bridgehead atoms. The Morgan fingerprint density at radius 1 is 1.50 bits per heavy atom. The standard InChI is InChI=1S/C6H9NO/c1-5-4-8-6(2)3-7-5/h3-4,7H,1-2H3. The maximum Gasteiger partial charge on any atom is 0.116 e. The first-order valence-corrected chi connectivity index (χ1v) is 2.56. The molecule has 0 amide bonds. The van der Waals surface area contributed by atoms with Crippen molar-refractivity contribution in [3.63, 3.8) is 0 Å². The highest BCUT2D eigenvalue weighted by Crippen LogP contribution is 2.02. The third kappa shape index (κ3) is 1.03. The number of allylic oxidation sites excluding steroid dienone is 2. The van der Waals surface area contributed by atoms with Crippen molar-refractivity contribution in [3.05, 3.63) is 23.9 Å². The van der Waals surface area contributed by atoms with Crippen LogP contribution < -0.4 is 5.32 Å². The van der Waals surface area contributed by atoms with Gasteiger partial charge in [-0.3, -0.25) is 0 Å². The minimum absolute atomic E-state index is 0.899. The normalized spacial score (nSPS) is 17.8. The summed E-state index contributed by atoms with van der Waals surface area (Å²) in [4.78, 5) is 0. The Balaban J connectivity index is 2.54. The second-order valence-electron chi connectivity index (χ2n) is 1.82. The van der Waals surface area contributed by atoms with Crippen molar-refractivity contribution in [2.75, 3.05) is 0 Å². The molecule has 2 heteroatoms. The molecule has 1 N–H and O–H groups in total. The van der Waals surface area contributed by atoms with Gasteiger partial charge in [0.15, 0.2) is 0 Å². The fraction of sp³-hybridized carbons (Fsp3) is 0.333. The van der Waals surface area contributed by atoms with Crippen molar-refractivity contribution in [2.24, 2.45) is 0 Å². The first-order valence-electron chi connectivity index (χ1n) is 2.56. The van der Waals surface area contributed by atoms with Crippen molar-refractivity contribution in [1.82, 2.24) is 5.32 Å². The summed E-state index contributed by atoms with van der Waals surface area (Å²) in [6, 6.07) is 0. The third-order valence-electron chi connectivity index (χ3n) is 0.925. The predicted molar refractivity (Wildman–Crippen MR) is 31.7 cm³/mol. The Labute approximate surface area is 48.8 Å². The van der Waals surface area contributed by atoms with Gasteiger partial charge in [-0.05, 0) is 13.8 Å². The second-order valence-corrected chi connectivity index (χ2v) is 1.82. The SMILES string of the molecule is CC1=COC(C)=CN1. The molecule has 0 aliphatic carbocycles. The maximum atomic E-state index is 5.03. The molecule has 0 fully saturated rings. The molecule has 0 unspecified atom stereocenters. The molecule has 8 heavy (non-hydrogen) atoms. The van der Waals surface area contributed by atoms with Crippen molar-refractivity contribution < 1.29 is 4.74 Å². The number of rotatable bonds is 0. The largest absolute Gasteiger partial charge is 0.466 e. The van der Waals surface area contributed by atoms with Gasteiger partial charge in [-0.15, -0.1) is 0 Å². The van der Waals surface area contributed by atoms with E-state index >= 15 is 0 Å². The van der Waals surface area contributed by atoms with Gasteiger partial charge in [0.1, 0.15) is 12.0 Å². The van der Waals surface area contributed by atoms with Gasteiger partial charge in [-0.25, -0.2) is 0 Å². The molecule has 1 heterocycles. The zero-order chi connectivity index (χ0) is 5.98. The van der Waals surface area contributed by atoms with E-state index in [1.807, 2.05) is 20.0 Å². The van der Waals surface area contributed by atoms with Gasteiger partial charge in [-0.2, -0.15) is 0 Å². The third-order valence-corrected chi connectivity index (χ3v) is 0.925. The van der Waals surface area contributed by atoms with Gasteiger partial charge >= 0.3 is 0 Å². The lowest BCUT2D eigenvalue weighted by Gasteiger charge is -2.09. The number of ether oxygens (including phenoxy) is 1. The first-order chi connectivity index (χ1) is 3.79. The van der Waals surface area contributed by atoms with Crippen molar-refractivity contribution in [2.45, 2.75) is 13.8 Å². The predicted octanol–water partition coefficient (Wildman–Crippen LogP) is 1.33. The average Bonchev–Trinajstić information content (AvgIpc) is 1.77. The number of hydrogen-bond donors (Lipinski definition) is 1. The van der Waals surface area contributed by atoms with Crippen LogP contribution in [0.4, 0.5) is 0 Å². The minimum Gasteiger partial charge on any atom is -0.466 e. The molecular formula is C6H9NO. The monoisotopic (exact) mass is 111 g/mol. The molecule has 0 aromatic heterocycles. The van der Waals surface area contributed by atoms with Gasteiger partial charge in [0.05, 0.1) is 0 Å². The molecule has 1 aliphatic heterocycles. The highest BCUT2D eigenvalue weighted by molar-refractivity contribution is 5.05. The second kappa shape index (κ2) is 1.90. The lowest BCUT2D eigenvalue weighted by molar-refractivity contribution is 0.334. The van der Waals surface area contributed by atoms with Gasteiger partial charge in [0.25, 0.3) is 0 Å². The fourth-order valence-electron chi connectivity index (χ4n) is 0.465. The Hall–Kier alpha value is -0.920. The van der Waals surface area contributed by atoms with Crippen LogP contribution in [0, 0.1) is 0 Å². The van der Waals surface area contributed by atoms with E-state index in [9.17, 15) is 0 Å². The average molecular weight is 111 g/mol. The van der Waals surface area contributed by atoms with Crippen LogP contribution in [-0.2, 0) is 4.74 Å². The van der Waals surface area contributed by atoms with E-state index < -0.39 is 0 Å². The summed E-state index contributed by atoms with van der Waals surface area (Å²) in [5.41, 5.74) is 1.04. The lowest BCUT2D eigenvalue weighted by Crippen LogP contribution is -2.07. The summed E-state index contributed by atoms with van der Waals surface area (Å²) in [5.74, 6) is 0.899. The van der Waals surface area contributed by atoms with E-state index in [1.54, 1.807) is 6.26 Å². The summed E-state index contributed by atoms with van der Waals surface area (Å²) in [6.07, 6.45) is 3.52. The number of hydrogen-bond acceptors (Lipinski definition) is 2. The minimum atomic E-state index is 0.899. The molecule has 0 radical (unpaired) electrons. The van der Waals surface area contributed by atoms with Crippen LogP contribution in [0.1, 0.15) is 13.8 Å². The molecular weight excluding hydrogens is 102 g/mol. The zero-order valence-corrected chi connectivity index (χ0v) is 5.06. The molecule has 44 valence electrons. The topological polar surface area (TPSA) is 21.3 Å². The molecule has 0 aromatic rings. The van der Waals surface area contributed by atoms with Crippen LogP contribution in [0.15, 0.2) is 23.9 Å². The van der Waals surface area contributed by atoms with E-state index in [0.29, 0.717) is 0 Å². The Morgan fingerprint density at radius 3 is 2.62 bits per heavy atom. The number of nitrogens with one attached hydrogen (secondary N) is 1. The van der Waals surface area contributed by atoms with Crippen LogP contribution >= 0.6 is 0 Å².